The molecule has 1 atom stereocenters. The molecule has 12 heteroatoms. The maximum absolute atomic E-state index is 12.3. The van der Waals surface area contributed by atoms with E-state index in [1.807, 2.05) is 29.2 Å². The van der Waals surface area contributed by atoms with Gasteiger partial charge in [-0.1, -0.05) is 31.4 Å². The number of aromatic nitrogens is 5. The Hall–Kier alpha value is -3.01. The molecule has 0 aromatic carbocycles. The molecule has 10 nitrogen and oxygen atoms in total. The fraction of sp³-hybridized carbons (Fsp3) is 0.520. The summed E-state index contributed by atoms with van der Waals surface area (Å²) in [5.74, 6) is 0.536. The van der Waals surface area contributed by atoms with Crippen molar-refractivity contribution >= 4 is 42.7 Å². The number of carbonyl (C=O) groups excluding carboxylic acids is 1. The minimum absolute atomic E-state index is 0.0193. The molecule has 4 heterocycles. The highest BCUT2D eigenvalue weighted by atomic mass is 32.2. The SMILES string of the molecule is CSc1ncc(-c2cnc3c(ccn3COCC[Si](C)(C)C)n2)c(N[C@H]2CCCN(C(=O)CC#N)C2)n1. The lowest BCUT2D eigenvalue weighted by Gasteiger charge is -2.33. The molecule has 0 aliphatic carbocycles. The molecule has 4 rings (SSSR count). The number of nitriles is 1. The van der Waals surface area contributed by atoms with Crippen molar-refractivity contribution in [3.63, 3.8) is 0 Å². The number of rotatable bonds is 10. The van der Waals surface area contributed by atoms with E-state index in [0.29, 0.717) is 36.5 Å². The van der Waals surface area contributed by atoms with Crippen molar-refractivity contribution in [1.82, 2.24) is 29.4 Å². The molecule has 0 spiro atoms. The van der Waals surface area contributed by atoms with Gasteiger partial charge < -0.3 is 19.5 Å². The van der Waals surface area contributed by atoms with Crippen molar-refractivity contribution in [3.05, 3.63) is 24.7 Å². The second kappa shape index (κ2) is 12.0. The van der Waals surface area contributed by atoms with Crippen LogP contribution < -0.4 is 5.32 Å². The van der Waals surface area contributed by atoms with Crippen LogP contribution in [0.2, 0.25) is 25.7 Å². The zero-order valence-corrected chi connectivity index (χ0v) is 23.7. The van der Waals surface area contributed by atoms with Gasteiger partial charge in [0.25, 0.3) is 0 Å². The average Bonchev–Trinajstić information content (AvgIpc) is 3.28. The van der Waals surface area contributed by atoms with Gasteiger partial charge in [-0.05, 0) is 31.2 Å². The number of likely N-dealkylation sites (tertiary alicyclic amines) is 1. The molecular weight excluding hydrogens is 504 g/mol. The predicted octanol–water partition coefficient (Wildman–Crippen LogP) is 4.24. The molecule has 3 aromatic heterocycles. The number of fused-ring (bicyclic) bond motifs is 1. The third-order valence-corrected chi connectivity index (χ3v) is 8.53. The van der Waals surface area contributed by atoms with Crippen LogP contribution in [0.5, 0.6) is 0 Å². The first-order valence-electron chi connectivity index (χ1n) is 12.5. The lowest BCUT2D eigenvalue weighted by Crippen LogP contribution is -2.45. The normalized spacial score (nSPS) is 16.1. The number of piperidine rings is 1. The molecule has 196 valence electrons. The third-order valence-electron chi connectivity index (χ3n) is 6.26. The topological polar surface area (TPSA) is 122 Å². The van der Waals surface area contributed by atoms with Crippen LogP contribution in [0.1, 0.15) is 19.3 Å². The van der Waals surface area contributed by atoms with E-state index in [1.54, 1.807) is 17.3 Å². The number of nitrogens with zero attached hydrogens (tertiary/aromatic N) is 7. The number of ether oxygens (including phenoxy) is 1. The van der Waals surface area contributed by atoms with Crippen molar-refractivity contribution in [2.45, 2.75) is 62.9 Å². The molecule has 1 N–H and O–H groups in total. The molecule has 37 heavy (non-hydrogen) atoms. The van der Waals surface area contributed by atoms with E-state index in [1.165, 1.54) is 11.8 Å². The highest BCUT2D eigenvalue weighted by Crippen LogP contribution is 2.29. The Kier molecular flexibility index (Phi) is 8.78. The van der Waals surface area contributed by atoms with Gasteiger partial charge in [0.1, 0.15) is 24.5 Å². The highest BCUT2D eigenvalue weighted by Gasteiger charge is 2.25. The molecule has 0 saturated carbocycles. The van der Waals surface area contributed by atoms with Crippen molar-refractivity contribution in [1.29, 1.82) is 5.26 Å². The third kappa shape index (κ3) is 7.06. The first-order valence-corrected chi connectivity index (χ1v) is 17.4. The van der Waals surface area contributed by atoms with E-state index in [2.05, 4.69) is 34.9 Å². The number of carbonyl (C=O) groups is 1. The summed E-state index contributed by atoms with van der Waals surface area (Å²) in [6.07, 6.45) is 9.07. The Morgan fingerprint density at radius 2 is 2.14 bits per heavy atom. The Morgan fingerprint density at radius 3 is 2.89 bits per heavy atom. The number of hydrogen-bond donors (Lipinski definition) is 1. The van der Waals surface area contributed by atoms with Gasteiger partial charge in [0.05, 0.1) is 23.5 Å². The van der Waals surface area contributed by atoms with Crippen LogP contribution in [0, 0.1) is 11.3 Å². The van der Waals surface area contributed by atoms with Gasteiger partial charge in [0.15, 0.2) is 10.8 Å². The summed E-state index contributed by atoms with van der Waals surface area (Å²) in [6.45, 7) is 9.41. The fourth-order valence-electron chi connectivity index (χ4n) is 4.19. The number of anilines is 1. The van der Waals surface area contributed by atoms with E-state index in [0.717, 1.165) is 42.2 Å². The average molecular weight is 539 g/mol. The van der Waals surface area contributed by atoms with Crippen LogP contribution in [-0.2, 0) is 16.3 Å². The van der Waals surface area contributed by atoms with Crippen molar-refractivity contribution in [3.8, 4) is 17.3 Å². The minimum Gasteiger partial charge on any atom is -0.365 e. The van der Waals surface area contributed by atoms with Crippen LogP contribution in [0.4, 0.5) is 5.82 Å². The number of thioether (sulfide) groups is 1. The zero-order valence-electron chi connectivity index (χ0n) is 21.9. The van der Waals surface area contributed by atoms with Gasteiger partial charge >= 0.3 is 0 Å². The Labute approximate surface area is 222 Å². The van der Waals surface area contributed by atoms with Crippen LogP contribution in [0.3, 0.4) is 0 Å². The van der Waals surface area contributed by atoms with E-state index in [-0.39, 0.29) is 18.4 Å². The standard InChI is InChI=1S/C25H34N8O2SSi/c1-36-25-28-14-19(23(31-25)29-18-6-5-10-32(16-18)22(34)7-9-26)21-15-27-24-20(30-21)8-11-33(24)17-35-12-13-37(2,3)4/h8,11,14-15,18H,5-7,10,12-13,16-17H2,1-4H3,(H,28,29,31)/t18-/m0/s1. The fourth-order valence-corrected chi connectivity index (χ4v) is 5.29. The van der Waals surface area contributed by atoms with Crippen LogP contribution in [0.15, 0.2) is 29.8 Å². The van der Waals surface area contributed by atoms with E-state index >= 15 is 0 Å². The number of hydrogen-bond acceptors (Lipinski definition) is 9. The molecule has 0 radical (unpaired) electrons. The van der Waals surface area contributed by atoms with Crippen molar-refractivity contribution in [2.24, 2.45) is 0 Å². The van der Waals surface area contributed by atoms with Crippen molar-refractivity contribution in [2.75, 3.05) is 31.3 Å². The lowest BCUT2D eigenvalue weighted by molar-refractivity contribution is -0.131. The quantitative estimate of drug-likeness (QED) is 0.175. The van der Waals surface area contributed by atoms with Gasteiger partial charge in [-0.25, -0.2) is 19.9 Å². The monoisotopic (exact) mass is 538 g/mol. The second-order valence-corrected chi connectivity index (χ2v) is 16.8. The van der Waals surface area contributed by atoms with Gasteiger partial charge in [-0.3, -0.25) is 4.79 Å². The second-order valence-electron chi connectivity index (χ2n) is 10.4. The van der Waals surface area contributed by atoms with Gasteiger partial charge in [0, 0.05) is 46.2 Å². The largest absolute Gasteiger partial charge is 0.365 e. The Morgan fingerprint density at radius 1 is 1.30 bits per heavy atom. The van der Waals surface area contributed by atoms with E-state index < -0.39 is 8.07 Å². The summed E-state index contributed by atoms with van der Waals surface area (Å²) in [6, 6.07) is 5.03. The molecular formula is C25H34N8O2SSi. The maximum Gasteiger partial charge on any atom is 0.236 e. The lowest BCUT2D eigenvalue weighted by atomic mass is 10.0. The zero-order chi connectivity index (χ0) is 26.4. The number of amides is 1. The van der Waals surface area contributed by atoms with Gasteiger partial charge in [-0.15, -0.1) is 0 Å². The summed E-state index contributed by atoms with van der Waals surface area (Å²) >= 11 is 1.46. The number of nitrogens with one attached hydrogen (secondary N) is 1. The maximum atomic E-state index is 12.3. The van der Waals surface area contributed by atoms with E-state index in [4.69, 9.17) is 20.0 Å². The minimum atomic E-state index is -1.13. The van der Waals surface area contributed by atoms with E-state index in [9.17, 15) is 4.79 Å². The Balaban J connectivity index is 1.53. The summed E-state index contributed by atoms with van der Waals surface area (Å²) < 4.78 is 7.87. The summed E-state index contributed by atoms with van der Waals surface area (Å²) in [7, 11) is -1.13. The van der Waals surface area contributed by atoms with Crippen LogP contribution in [-0.4, -0.2) is 75.4 Å². The summed E-state index contributed by atoms with van der Waals surface area (Å²) in [5, 5.41) is 13.1. The molecule has 1 aliphatic rings. The summed E-state index contributed by atoms with van der Waals surface area (Å²) in [5.41, 5.74) is 2.98. The van der Waals surface area contributed by atoms with Crippen LogP contribution in [0.25, 0.3) is 22.4 Å². The highest BCUT2D eigenvalue weighted by molar-refractivity contribution is 7.98. The van der Waals surface area contributed by atoms with Gasteiger partial charge in [-0.2, -0.15) is 5.26 Å². The summed E-state index contributed by atoms with van der Waals surface area (Å²) in [4.78, 5) is 32.7. The first kappa shape index (κ1) is 27.0. The van der Waals surface area contributed by atoms with Gasteiger partial charge in [0.2, 0.25) is 5.91 Å². The van der Waals surface area contributed by atoms with Crippen LogP contribution >= 0.6 is 11.8 Å². The molecule has 0 unspecified atom stereocenters. The molecule has 1 saturated heterocycles. The predicted molar refractivity (Wildman–Crippen MR) is 148 cm³/mol. The molecule has 1 aliphatic heterocycles. The molecule has 1 amide bonds. The molecule has 1 fully saturated rings. The first-order chi connectivity index (χ1) is 17.8. The molecule has 0 bridgehead atoms. The van der Waals surface area contributed by atoms with Crippen molar-refractivity contribution < 1.29 is 9.53 Å². The smallest absolute Gasteiger partial charge is 0.236 e. The molecule has 3 aromatic rings. The Bertz CT molecular complexity index is 1290.